The van der Waals surface area contributed by atoms with Gasteiger partial charge in [-0.15, -0.1) is 11.3 Å². The Hall–Kier alpha value is -2.25. The topological polar surface area (TPSA) is 76.1 Å². The molecule has 3 aromatic rings. The number of thiazole rings is 1. The predicted octanol–water partition coefficient (Wildman–Crippen LogP) is 3.80. The molecule has 1 N–H and O–H groups in total. The number of nitrogens with zero attached hydrogens (tertiary/aromatic N) is 1. The van der Waals surface area contributed by atoms with Crippen molar-refractivity contribution in [3.05, 3.63) is 53.5 Å². The Kier molecular flexibility index (Phi) is 5.15. The van der Waals surface area contributed by atoms with Crippen molar-refractivity contribution < 1.29 is 13.2 Å². The lowest BCUT2D eigenvalue weighted by Crippen LogP contribution is -2.14. The molecule has 3 rings (SSSR count). The van der Waals surface area contributed by atoms with E-state index >= 15 is 0 Å². The van der Waals surface area contributed by atoms with E-state index in [2.05, 4.69) is 10.3 Å². The standard InChI is InChI=1S/C18H18N2O3S2/c1-13-4-7-15(8-5-13)25(22,23)10-2-3-18(21)20-14-6-9-17-16(11-14)19-12-24-17/h4-9,11-12H,2-3,10H2,1H3,(H,20,21). The fraction of sp³-hybridized carbons (Fsp3) is 0.222. The van der Waals surface area contributed by atoms with Gasteiger partial charge in [0.2, 0.25) is 5.91 Å². The van der Waals surface area contributed by atoms with Gasteiger partial charge in [-0.2, -0.15) is 0 Å². The molecule has 130 valence electrons. The molecule has 7 heteroatoms. The van der Waals surface area contributed by atoms with E-state index in [-0.39, 0.29) is 24.5 Å². The van der Waals surface area contributed by atoms with Crippen LogP contribution >= 0.6 is 11.3 Å². The highest BCUT2D eigenvalue weighted by molar-refractivity contribution is 7.91. The molecule has 0 radical (unpaired) electrons. The van der Waals surface area contributed by atoms with Gasteiger partial charge in [-0.3, -0.25) is 4.79 Å². The van der Waals surface area contributed by atoms with E-state index in [1.54, 1.807) is 29.8 Å². The maximum Gasteiger partial charge on any atom is 0.224 e. The highest BCUT2D eigenvalue weighted by Gasteiger charge is 2.15. The van der Waals surface area contributed by atoms with Crippen molar-refractivity contribution >= 4 is 43.0 Å². The molecule has 0 aliphatic carbocycles. The Labute approximate surface area is 150 Å². The molecule has 0 aliphatic heterocycles. The van der Waals surface area contributed by atoms with Crippen LogP contribution in [-0.2, 0) is 14.6 Å². The highest BCUT2D eigenvalue weighted by atomic mass is 32.2. The molecule has 0 fully saturated rings. The Balaban J connectivity index is 1.54. The number of nitrogens with one attached hydrogen (secondary N) is 1. The molecule has 1 heterocycles. The first-order valence-corrected chi connectivity index (χ1v) is 10.4. The van der Waals surface area contributed by atoms with Crippen LogP contribution in [0.5, 0.6) is 0 Å². The van der Waals surface area contributed by atoms with E-state index in [0.717, 1.165) is 15.8 Å². The zero-order chi connectivity index (χ0) is 17.9. The minimum Gasteiger partial charge on any atom is -0.326 e. The third-order valence-electron chi connectivity index (χ3n) is 3.81. The number of fused-ring (bicyclic) bond motifs is 1. The summed E-state index contributed by atoms with van der Waals surface area (Å²) in [5.41, 5.74) is 4.27. The minimum atomic E-state index is -3.36. The predicted molar refractivity (Wildman–Crippen MR) is 101 cm³/mol. The summed E-state index contributed by atoms with van der Waals surface area (Å²) >= 11 is 1.54. The van der Waals surface area contributed by atoms with Gasteiger partial charge in [0.05, 0.1) is 26.4 Å². The third kappa shape index (κ3) is 4.43. The van der Waals surface area contributed by atoms with Crippen LogP contribution in [0.4, 0.5) is 5.69 Å². The van der Waals surface area contributed by atoms with E-state index in [9.17, 15) is 13.2 Å². The molecule has 5 nitrogen and oxygen atoms in total. The molecule has 1 aromatic heterocycles. The van der Waals surface area contributed by atoms with Crippen molar-refractivity contribution in [1.29, 1.82) is 0 Å². The number of amides is 1. The van der Waals surface area contributed by atoms with E-state index in [4.69, 9.17) is 0 Å². The average molecular weight is 374 g/mol. The lowest BCUT2D eigenvalue weighted by atomic mass is 10.2. The molecule has 0 atom stereocenters. The van der Waals surface area contributed by atoms with Gasteiger partial charge >= 0.3 is 0 Å². The van der Waals surface area contributed by atoms with Crippen molar-refractivity contribution in [1.82, 2.24) is 4.98 Å². The molecular weight excluding hydrogens is 356 g/mol. The molecule has 25 heavy (non-hydrogen) atoms. The first-order chi connectivity index (χ1) is 11.9. The lowest BCUT2D eigenvalue weighted by Gasteiger charge is -2.07. The second kappa shape index (κ2) is 7.33. The van der Waals surface area contributed by atoms with Crippen LogP contribution in [0.15, 0.2) is 52.9 Å². The number of benzene rings is 2. The summed E-state index contributed by atoms with van der Waals surface area (Å²) in [4.78, 5) is 16.5. The molecular formula is C18H18N2O3S2. The van der Waals surface area contributed by atoms with Gasteiger partial charge in [-0.05, 0) is 43.7 Å². The van der Waals surface area contributed by atoms with Crippen molar-refractivity contribution in [3.8, 4) is 0 Å². The average Bonchev–Trinajstić information content (AvgIpc) is 3.02. The number of anilines is 1. The summed E-state index contributed by atoms with van der Waals surface area (Å²) in [7, 11) is -3.36. The fourth-order valence-electron chi connectivity index (χ4n) is 2.45. The Bertz CT molecular complexity index is 993. The van der Waals surface area contributed by atoms with Crippen molar-refractivity contribution in [3.63, 3.8) is 0 Å². The number of hydrogen-bond acceptors (Lipinski definition) is 5. The molecule has 0 unspecified atom stereocenters. The monoisotopic (exact) mass is 374 g/mol. The van der Waals surface area contributed by atoms with E-state index in [0.29, 0.717) is 10.6 Å². The van der Waals surface area contributed by atoms with Crippen LogP contribution in [0, 0.1) is 6.92 Å². The van der Waals surface area contributed by atoms with E-state index in [1.165, 1.54) is 11.3 Å². The number of rotatable bonds is 6. The van der Waals surface area contributed by atoms with Crippen LogP contribution in [0.1, 0.15) is 18.4 Å². The second-order valence-electron chi connectivity index (χ2n) is 5.82. The summed E-state index contributed by atoms with van der Waals surface area (Å²) < 4.78 is 25.6. The highest BCUT2D eigenvalue weighted by Crippen LogP contribution is 2.21. The van der Waals surface area contributed by atoms with Gasteiger partial charge in [-0.1, -0.05) is 17.7 Å². The molecule has 1 amide bonds. The zero-order valence-corrected chi connectivity index (χ0v) is 15.4. The van der Waals surface area contributed by atoms with Crippen LogP contribution in [-0.4, -0.2) is 25.1 Å². The largest absolute Gasteiger partial charge is 0.326 e. The number of hydrogen-bond donors (Lipinski definition) is 1. The first kappa shape index (κ1) is 17.6. The summed E-state index contributed by atoms with van der Waals surface area (Å²) in [5, 5.41) is 2.79. The van der Waals surface area contributed by atoms with Crippen LogP contribution < -0.4 is 5.32 Å². The Morgan fingerprint density at radius 2 is 1.92 bits per heavy atom. The molecule has 0 bridgehead atoms. The summed E-state index contributed by atoms with van der Waals surface area (Å²) in [6.45, 7) is 1.91. The Morgan fingerprint density at radius 3 is 2.68 bits per heavy atom. The van der Waals surface area contributed by atoms with Gasteiger partial charge in [0, 0.05) is 12.1 Å². The summed E-state index contributed by atoms with van der Waals surface area (Å²) in [5.74, 6) is -0.247. The minimum absolute atomic E-state index is 0.0470. The van der Waals surface area contributed by atoms with Crippen LogP contribution in [0.3, 0.4) is 0 Å². The smallest absolute Gasteiger partial charge is 0.224 e. The van der Waals surface area contributed by atoms with Crippen molar-refractivity contribution in [2.45, 2.75) is 24.7 Å². The van der Waals surface area contributed by atoms with E-state index < -0.39 is 9.84 Å². The maximum atomic E-state index is 12.3. The maximum absolute atomic E-state index is 12.3. The molecule has 0 spiro atoms. The van der Waals surface area contributed by atoms with Crippen LogP contribution in [0.2, 0.25) is 0 Å². The van der Waals surface area contributed by atoms with Crippen molar-refractivity contribution in [2.75, 3.05) is 11.1 Å². The Morgan fingerprint density at radius 1 is 1.16 bits per heavy atom. The number of sulfone groups is 1. The number of aryl methyl sites for hydroxylation is 1. The van der Waals surface area contributed by atoms with Crippen molar-refractivity contribution in [2.24, 2.45) is 0 Å². The number of aromatic nitrogens is 1. The molecule has 0 aliphatic rings. The second-order valence-corrected chi connectivity index (χ2v) is 8.81. The molecule has 0 saturated heterocycles. The quantitative estimate of drug-likeness (QED) is 0.712. The first-order valence-electron chi connectivity index (χ1n) is 7.86. The number of carbonyl (C=O) groups excluding carboxylic acids is 1. The summed E-state index contributed by atoms with van der Waals surface area (Å²) in [6.07, 6.45) is 0.432. The van der Waals surface area contributed by atoms with E-state index in [1.807, 2.05) is 25.1 Å². The van der Waals surface area contributed by atoms with Gasteiger partial charge in [0.15, 0.2) is 9.84 Å². The molecule has 2 aromatic carbocycles. The van der Waals surface area contributed by atoms with Gasteiger partial charge in [0.1, 0.15) is 0 Å². The normalized spacial score (nSPS) is 11.6. The number of carbonyl (C=O) groups is 1. The zero-order valence-electron chi connectivity index (χ0n) is 13.7. The SMILES string of the molecule is Cc1ccc(S(=O)(=O)CCCC(=O)Nc2ccc3scnc3c2)cc1. The van der Waals surface area contributed by atoms with Crippen LogP contribution in [0.25, 0.3) is 10.2 Å². The third-order valence-corrected chi connectivity index (χ3v) is 6.44. The summed E-state index contributed by atoms with van der Waals surface area (Å²) in [6, 6.07) is 12.3. The fourth-order valence-corrected chi connectivity index (χ4v) is 4.41. The molecule has 0 saturated carbocycles. The van der Waals surface area contributed by atoms with Gasteiger partial charge in [0.25, 0.3) is 0 Å². The van der Waals surface area contributed by atoms with Gasteiger partial charge in [-0.25, -0.2) is 13.4 Å². The van der Waals surface area contributed by atoms with Gasteiger partial charge < -0.3 is 5.32 Å². The lowest BCUT2D eigenvalue weighted by molar-refractivity contribution is -0.116.